The Balaban J connectivity index is 2.00. The van der Waals surface area contributed by atoms with Gasteiger partial charge in [-0.1, -0.05) is 19.8 Å². The molecular formula is C14H22N4. The Labute approximate surface area is 109 Å². The van der Waals surface area contributed by atoms with E-state index in [1.807, 2.05) is 6.20 Å². The minimum absolute atomic E-state index is 0.598. The summed E-state index contributed by atoms with van der Waals surface area (Å²) in [7, 11) is 2.15. The quantitative estimate of drug-likeness (QED) is 0.802. The van der Waals surface area contributed by atoms with Gasteiger partial charge in [-0.05, 0) is 19.3 Å². The zero-order valence-electron chi connectivity index (χ0n) is 11.3. The number of nitrogens with zero attached hydrogens (tertiary/aromatic N) is 4. The van der Waals surface area contributed by atoms with Gasteiger partial charge in [0.05, 0.1) is 11.9 Å². The summed E-state index contributed by atoms with van der Waals surface area (Å²) in [6.07, 6.45) is 10.2. The van der Waals surface area contributed by atoms with Gasteiger partial charge in [0.15, 0.2) is 5.82 Å². The number of rotatable bonds is 2. The molecule has 0 radical (unpaired) electrons. The van der Waals surface area contributed by atoms with Crippen molar-refractivity contribution < 1.29 is 0 Å². The van der Waals surface area contributed by atoms with Crippen molar-refractivity contribution in [2.45, 2.75) is 51.1 Å². The van der Waals surface area contributed by atoms with Crippen molar-refractivity contribution in [1.82, 2.24) is 9.97 Å². The predicted octanol–water partition coefficient (Wildman–Crippen LogP) is 2.45. The molecule has 0 aromatic carbocycles. The minimum Gasteiger partial charge on any atom is -0.368 e. The Kier molecular flexibility index (Phi) is 3.10. The number of hydrogen-bond acceptors (Lipinski definition) is 4. The van der Waals surface area contributed by atoms with E-state index in [0.717, 1.165) is 12.4 Å². The van der Waals surface area contributed by atoms with Gasteiger partial charge < -0.3 is 9.80 Å². The fourth-order valence-electron chi connectivity index (χ4n) is 3.44. The molecule has 4 nitrogen and oxygen atoms in total. The van der Waals surface area contributed by atoms with Crippen LogP contribution in [-0.2, 0) is 0 Å². The van der Waals surface area contributed by atoms with Crippen molar-refractivity contribution in [3.05, 3.63) is 12.5 Å². The summed E-state index contributed by atoms with van der Waals surface area (Å²) in [6.45, 7) is 3.38. The number of anilines is 2. The molecule has 1 fully saturated rings. The van der Waals surface area contributed by atoms with Crippen LogP contribution < -0.4 is 9.80 Å². The topological polar surface area (TPSA) is 32.3 Å². The molecule has 0 spiro atoms. The maximum Gasteiger partial charge on any atom is 0.156 e. The summed E-state index contributed by atoms with van der Waals surface area (Å²) in [5, 5.41) is 0. The van der Waals surface area contributed by atoms with Gasteiger partial charge in [0.1, 0.15) is 6.33 Å². The number of aromatic nitrogens is 2. The molecular weight excluding hydrogens is 224 g/mol. The van der Waals surface area contributed by atoms with Gasteiger partial charge in [0.2, 0.25) is 0 Å². The normalized spacial score (nSPS) is 24.4. The molecule has 1 aromatic rings. The van der Waals surface area contributed by atoms with Gasteiger partial charge in [0.25, 0.3) is 0 Å². The highest BCUT2D eigenvalue weighted by Crippen LogP contribution is 2.38. The Bertz CT molecular complexity index is 414. The van der Waals surface area contributed by atoms with Crippen LogP contribution in [0.4, 0.5) is 11.5 Å². The van der Waals surface area contributed by atoms with Gasteiger partial charge in [-0.3, -0.25) is 0 Å². The number of hydrogen-bond donors (Lipinski definition) is 0. The van der Waals surface area contributed by atoms with E-state index in [9.17, 15) is 0 Å². The molecule has 0 bridgehead atoms. The van der Waals surface area contributed by atoms with E-state index in [1.165, 1.54) is 37.8 Å². The Hall–Kier alpha value is -1.32. The predicted molar refractivity (Wildman–Crippen MR) is 74.1 cm³/mol. The molecule has 0 saturated heterocycles. The second-order valence-corrected chi connectivity index (χ2v) is 5.52. The summed E-state index contributed by atoms with van der Waals surface area (Å²) in [5.41, 5.74) is 1.19. The van der Waals surface area contributed by atoms with Crippen molar-refractivity contribution in [3.63, 3.8) is 0 Å². The van der Waals surface area contributed by atoms with Crippen LogP contribution in [-0.4, -0.2) is 35.6 Å². The lowest BCUT2D eigenvalue weighted by atomic mass is 10.0. The van der Waals surface area contributed by atoms with Crippen LogP contribution in [0.15, 0.2) is 12.5 Å². The molecule has 1 saturated carbocycles. The molecule has 4 heteroatoms. The maximum atomic E-state index is 4.57. The van der Waals surface area contributed by atoms with Crippen LogP contribution >= 0.6 is 0 Å². The van der Waals surface area contributed by atoms with E-state index >= 15 is 0 Å². The van der Waals surface area contributed by atoms with E-state index in [1.54, 1.807) is 6.33 Å². The summed E-state index contributed by atoms with van der Waals surface area (Å²) in [6, 6.07) is 1.29. The van der Waals surface area contributed by atoms with Gasteiger partial charge in [0, 0.05) is 25.7 Å². The van der Waals surface area contributed by atoms with Crippen molar-refractivity contribution >= 4 is 11.5 Å². The second kappa shape index (κ2) is 4.75. The smallest absolute Gasteiger partial charge is 0.156 e. The Morgan fingerprint density at radius 2 is 2.11 bits per heavy atom. The van der Waals surface area contributed by atoms with Crippen LogP contribution in [0.1, 0.15) is 39.0 Å². The summed E-state index contributed by atoms with van der Waals surface area (Å²) in [4.78, 5) is 13.6. The monoisotopic (exact) mass is 246 g/mol. The van der Waals surface area contributed by atoms with E-state index in [4.69, 9.17) is 0 Å². The summed E-state index contributed by atoms with van der Waals surface area (Å²) >= 11 is 0. The van der Waals surface area contributed by atoms with Crippen LogP contribution in [0.25, 0.3) is 0 Å². The number of fused-ring (bicyclic) bond motifs is 1. The number of likely N-dealkylation sites (N-methyl/N-ethyl adjacent to an activating group) is 1. The van der Waals surface area contributed by atoms with Crippen LogP contribution in [0.2, 0.25) is 0 Å². The molecule has 0 amide bonds. The largest absolute Gasteiger partial charge is 0.368 e. The van der Waals surface area contributed by atoms with E-state index < -0.39 is 0 Å². The highest BCUT2D eigenvalue weighted by atomic mass is 15.3. The zero-order chi connectivity index (χ0) is 12.5. The van der Waals surface area contributed by atoms with E-state index in [0.29, 0.717) is 12.1 Å². The molecule has 18 heavy (non-hydrogen) atoms. The van der Waals surface area contributed by atoms with Crippen LogP contribution in [0.3, 0.4) is 0 Å². The lowest BCUT2D eigenvalue weighted by molar-refractivity contribution is 0.476. The average molecular weight is 246 g/mol. The standard InChI is InChI=1S/C14H22N4/c1-3-11-9-17(2)13-8-15-10-16-14(13)18(11)12-6-4-5-7-12/h8,10-12H,3-7,9H2,1-2H3. The van der Waals surface area contributed by atoms with Gasteiger partial charge in [-0.2, -0.15) is 0 Å². The van der Waals surface area contributed by atoms with Crippen molar-refractivity contribution in [1.29, 1.82) is 0 Å². The minimum atomic E-state index is 0.598. The van der Waals surface area contributed by atoms with Gasteiger partial charge in [-0.25, -0.2) is 9.97 Å². The lowest BCUT2D eigenvalue weighted by Crippen LogP contribution is -2.52. The first-order valence-corrected chi connectivity index (χ1v) is 7.10. The lowest BCUT2D eigenvalue weighted by Gasteiger charge is -2.45. The first-order valence-electron chi connectivity index (χ1n) is 7.10. The molecule has 2 aliphatic rings. The molecule has 1 aromatic heterocycles. The van der Waals surface area contributed by atoms with Crippen LogP contribution in [0.5, 0.6) is 0 Å². The van der Waals surface area contributed by atoms with Crippen LogP contribution in [0, 0.1) is 0 Å². The molecule has 3 rings (SSSR count). The van der Waals surface area contributed by atoms with Gasteiger partial charge >= 0.3 is 0 Å². The summed E-state index contributed by atoms with van der Waals surface area (Å²) in [5.74, 6) is 1.15. The first-order chi connectivity index (χ1) is 8.81. The molecule has 1 aliphatic heterocycles. The molecule has 98 valence electrons. The Morgan fingerprint density at radius 1 is 1.33 bits per heavy atom. The molecule has 2 heterocycles. The summed E-state index contributed by atoms with van der Waals surface area (Å²) < 4.78 is 0. The molecule has 0 N–H and O–H groups in total. The molecule has 1 unspecified atom stereocenters. The third-order valence-corrected chi connectivity index (χ3v) is 4.40. The van der Waals surface area contributed by atoms with Crippen molar-refractivity contribution in [2.75, 3.05) is 23.4 Å². The fourth-order valence-corrected chi connectivity index (χ4v) is 3.44. The molecule has 1 atom stereocenters. The van der Waals surface area contributed by atoms with E-state index in [-0.39, 0.29) is 0 Å². The van der Waals surface area contributed by atoms with Gasteiger partial charge in [-0.15, -0.1) is 0 Å². The highest BCUT2D eigenvalue weighted by Gasteiger charge is 2.35. The maximum absolute atomic E-state index is 4.57. The average Bonchev–Trinajstić information content (AvgIpc) is 2.92. The first kappa shape index (κ1) is 11.8. The molecule has 1 aliphatic carbocycles. The third kappa shape index (κ3) is 1.84. The Morgan fingerprint density at radius 3 is 2.83 bits per heavy atom. The fraction of sp³-hybridized carbons (Fsp3) is 0.714. The SMILES string of the molecule is CCC1CN(C)c2cncnc2N1C1CCCC1. The highest BCUT2D eigenvalue weighted by molar-refractivity contribution is 5.69. The van der Waals surface area contributed by atoms with Crippen molar-refractivity contribution in [2.24, 2.45) is 0 Å². The van der Waals surface area contributed by atoms with E-state index in [2.05, 4.69) is 33.7 Å². The van der Waals surface area contributed by atoms with Crippen molar-refractivity contribution in [3.8, 4) is 0 Å². The second-order valence-electron chi connectivity index (χ2n) is 5.52. The third-order valence-electron chi connectivity index (χ3n) is 4.40. The zero-order valence-corrected chi connectivity index (χ0v) is 11.3.